The van der Waals surface area contributed by atoms with Gasteiger partial charge in [-0.2, -0.15) is 0 Å². The fourth-order valence-electron chi connectivity index (χ4n) is 9.65. The van der Waals surface area contributed by atoms with E-state index in [-0.39, 0.29) is 36.6 Å². The van der Waals surface area contributed by atoms with Gasteiger partial charge < -0.3 is 23.5 Å². The van der Waals surface area contributed by atoms with Crippen LogP contribution in [0.2, 0.25) is 5.04 Å². The molecule has 0 saturated carbocycles. The molecule has 0 unspecified atom stereocenters. The van der Waals surface area contributed by atoms with Crippen molar-refractivity contribution in [1.29, 1.82) is 0 Å². The summed E-state index contributed by atoms with van der Waals surface area (Å²) in [6, 6.07) is 27.6. The molecule has 0 bridgehead atoms. The van der Waals surface area contributed by atoms with Crippen LogP contribution in [0.25, 0.3) is 10.8 Å². The van der Waals surface area contributed by atoms with Gasteiger partial charge in [0.05, 0.1) is 52.8 Å². The van der Waals surface area contributed by atoms with Crippen molar-refractivity contribution in [3.8, 4) is 0 Å². The van der Waals surface area contributed by atoms with Crippen molar-refractivity contribution in [1.82, 2.24) is 14.7 Å². The predicted molar refractivity (Wildman–Crippen MR) is 265 cm³/mol. The number of carbonyl (C=O) groups is 4. The topological polar surface area (TPSA) is 115 Å². The standard InChI is InChI=1S/C54H73N3O8Si/c1-6-55(7-2)32-22-14-12-10-8-9-11-13-15-23-33-56-50(58)44-28-30-46-49-47(31-29-45(48(44)49)51(56)59)53(61)57(52(46)60)34-35-62-36-37-63-38-39-64-40-41-65-66(54(3,4)5,42-24-18-16-19-25-42)43-26-20-17-21-27-43/h16-21,24-31H,6-15,22-23,32-41H2,1-5H3. The normalized spacial score (nSPS) is 14.1. The number of amides is 4. The first-order valence-corrected chi connectivity index (χ1v) is 26.5. The molecule has 2 heterocycles. The van der Waals surface area contributed by atoms with Crippen LogP contribution < -0.4 is 10.4 Å². The summed E-state index contributed by atoms with van der Waals surface area (Å²) in [5, 5.41) is 3.13. The molecule has 66 heavy (non-hydrogen) atoms. The highest BCUT2D eigenvalue weighted by Crippen LogP contribution is 2.39. The van der Waals surface area contributed by atoms with Crippen LogP contribution in [0.15, 0.2) is 84.9 Å². The van der Waals surface area contributed by atoms with E-state index < -0.39 is 20.1 Å². The third-order valence-corrected chi connectivity index (χ3v) is 18.3. The van der Waals surface area contributed by atoms with Gasteiger partial charge in [0.1, 0.15) is 0 Å². The molecule has 2 aliphatic rings. The molecular formula is C54H73N3O8Si. The summed E-state index contributed by atoms with van der Waals surface area (Å²) in [7, 11) is -2.62. The molecule has 0 aliphatic carbocycles. The molecule has 356 valence electrons. The fourth-order valence-corrected chi connectivity index (χ4v) is 14.2. The van der Waals surface area contributed by atoms with Gasteiger partial charge in [-0.1, -0.05) is 147 Å². The molecule has 4 amide bonds. The molecule has 6 rings (SSSR count). The number of hydrogen-bond acceptors (Lipinski definition) is 9. The average molecular weight is 920 g/mol. The third kappa shape index (κ3) is 12.1. The lowest BCUT2D eigenvalue weighted by atomic mass is 9.86. The van der Waals surface area contributed by atoms with E-state index in [2.05, 4.69) is 88.0 Å². The first-order valence-electron chi connectivity index (χ1n) is 24.6. The Morgan fingerprint density at radius 3 is 1.23 bits per heavy atom. The second-order valence-corrected chi connectivity index (χ2v) is 22.8. The van der Waals surface area contributed by atoms with E-state index in [0.717, 1.165) is 38.8 Å². The van der Waals surface area contributed by atoms with Gasteiger partial charge in [0, 0.05) is 39.6 Å². The van der Waals surface area contributed by atoms with E-state index in [9.17, 15) is 19.2 Å². The molecule has 12 heteroatoms. The number of hydrogen-bond donors (Lipinski definition) is 0. The molecule has 2 aliphatic heterocycles. The zero-order valence-electron chi connectivity index (χ0n) is 40.2. The molecule has 0 saturated heterocycles. The Kier molecular flexibility index (Phi) is 19.2. The summed E-state index contributed by atoms with van der Waals surface area (Å²) < 4.78 is 24.3. The Balaban J connectivity index is 0.882. The maximum atomic E-state index is 13.7. The molecule has 0 fully saturated rings. The highest BCUT2D eigenvalue weighted by molar-refractivity contribution is 6.99. The highest BCUT2D eigenvalue weighted by Gasteiger charge is 2.50. The lowest BCUT2D eigenvalue weighted by Crippen LogP contribution is -2.66. The molecule has 0 atom stereocenters. The number of unbranched alkanes of at least 4 members (excludes halogenated alkanes) is 9. The molecule has 0 N–H and O–H groups in total. The molecule has 11 nitrogen and oxygen atoms in total. The fraction of sp³-hybridized carbons (Fsp3) is 0.519. The summed E-state index contributed by atoms with van der Waals surface area (Å²) in [6.07, 6.45) is 11.6. The van der Waals surface area contributed by atoms with Gasteiger partial charge in [0.25, 0.3) is 31.9 Å². The first kappa shape index (κ1) is 50.8. The maximum absolute atomic E-state index is 13.7. The number of benzene rings is 4. The van der Waals surface area contributed by atoms with Crippen LogP contribution in [0.5, 0.6) is 0 Å². The van der Waals surface area contributed by atoms with Crippen molar-refractivity contribution in [3.05, 3.63) is 107 Å². The highest BCUT2D eigenvalue weighted by atomic mass is 28.4. The number of ether oxygens (including phenoxy) is 3. The monoisotopic (exact) mass is 920 g/mol. The van der Waals surface area contributed by atoms with Crippen LogP contribution in [-0.4, -0.2) is 126 Å². The Morgan fingerprint density at radius 2 is 0.818 bits per heavy atom. The number of rotatable bonds is 30. The number of carbonyl (C=O) groups excluding carboxylic acids is 4. The summed E-state index contributed by atoms with van der Waals surface area (Å²) in [5.74, 6) is -1.68. The Morgan fingerprint density at radius 1 is 0.455 bits per heavy atom. The van der Waals surface area contributed by atoms with Crippen LogP contribution in [0.4, 0.5) is 0 Å². The van der Waals surface area contributed by atoms with Crippen LogP contribution in [0.1, 0.15) is 140 Å². The van der Waals surface area contributed by atoms with Gasteiger partial charge in [-0.25, -0.2) is 0 Å². The molecular weight excluding hydrogens is 847 g/mol. The average Bonchev–Trinajstić information content (AvgIpc) is 3.32. The van der Waals surface area contributed by atoms with Gasteiger partial charge in [0.15, 0.2) is 0 Å². The van der Waals surface area contributed by atoms with Crippen molar-refractivity contribution in [2.24, 2.45) is 0 Å². The van der Waals surface area contributed by atoms with E-state index >= 15 is 0 Å². The van der Waals surface area contributed by atoms with E-state index in [0.29, 0.717) is 72.6 Å². The van der Waals surface area contributed by atoms with E-state index in [1.807, 2.05) is 12.1 Å². The van der Waals surface area contributed by atoms with E-state index in [1.54, 1.807) is 24.3 Å². The Bertz CT molecular complexity index is 2100. The molecule has 0 aromatic heterocycles. The van der Waals surface area contributed by atoms with Crippen molar-refractivity contribution >= 4 is 53.1 Å². The smallest absolute Gasteiger partial charge is 0.261 e. The van der Waals surface area contributed by atoms with Crippen LogP contribution in [-0.2, 0) is 18.6 Å². The summed E-state index contributed by atoms with van der Waals surface area (Å²) in [4.78, 5) is 59.9. The zero-order valence-corrected chi connectivity index (χ0v) is 41.2. The summed E-state index contributed by atoms with van der Waals surface area (Å²) in [5.41, 5.74) is 1.32. The zero-order chi connectivity index (χ0) is 46.9. The first-order chi connectivity index (χ1) is 32.0. The minimum Gasteiger partial charge on any atom is -0.405 e. The van der Waals surface area contributed by atoms with Gasteiger partial charge in [-0.05, 0) is 72.2 Å². The lowest BCUT2D eigenvalue weighted by molar-refractivity contribution is 0.00591. The molecule has 4 aromatic rings. The molecule has 0 spiro atoms. The number of nitrogens with zero attached hydrogens (tertiary/aromatic N) is 3. The predicted octanol–water partition coefficient (Wildman–Crippen LogP) is 8.90. The maximum Gasteiger partial charge on any atom is 0.261 e. The van der Waals surface area contributed by atoms with Gasteiger partial charge in [-0.3, -0.25) is 29.0 Å². The van der Waals surface area contributed by atoms with Crippen molar-refractivity contribution in [3.63, 3.8) is 0 Å². The third-order valence-electron chi connectivity index (χ3n) is 13.2. The van der Waals surface area contributed by atoms with Crippen LogP contribution >= 0.6 is 0 Å². The molecule has 0 radical (unpaired) electrons. The largest absolute Gasteiger partial charge is 0.405 e. The SMILES string of the molecule is CCN(CC)CCCCCCCCCCCCN1C(=O)c2ccc3c4c(ccc(c24)C1=O)C(=O)N(CCOCCOCCOCCO[Si](c1ccccc1)(c1ccccc1)C(C)(C)C)C3=O. The summed E-state index contributed by atoms with van der Waals surface area (Å²) >= 11 is 0. The number of imide groups is 2. The quantitative estimate of drug-likeness (QED) is 0.0288. The lowest BCUT2D eigenvalue weighted by Gasteiger charge is -2.43. The van der Waals surface area contributed by atoms with Gasteiger partial charge in [0.2, 0.25) is 0 Å². The van der Waals surface area contributed by atoms with Crippen LogP contribution in [0, 0.1) is 0 Å². The Labute approximate surface area is 394 Å². The minimum absolute atomic E-state index is 0.0550. The second kappa shape index (κ2) is 25.0. The van der Waals surface area contributed by atoms with Crippen LogP contribution in [0.3, 0.4) is 0 Å². The van der Waals surface area contributed by atoms with Gasteiger partial charge >= 0.3 is 0 Å². The Hall–Kier alpha value is -4.56. The summed E-state index contributed by atoms with van der Waals surface area (Å²) in [6.45, 7) is 17.5. The van der Waals surface area contributed by atoms with E-state index in [1.165, 1.54) is 65.2 Å². The van der Waals surface area contributed by atoms with E-state index in [4.69, 9.17) is 18.6 Å². The second-order valence-electron chi connectivity index (χ2n) is 18.5. The van der Waals surface area contributed by atoms with Gasteiger partial charge in [-0.15, -0.1) is 0 Å². The van der Waals surface area contributed by atoms with Crippen molar-refractivity contribution < 1.29 is 37.8 Å². The van der Waals surface area contributed by atoms with Crippen molar-refractivity contribution in [2.75, 3.05) is 79.0 Å². The minimum atomic E-state index is -2.62. The molecule has 4 aromatic carbocycles. The van der Waals surface area contributed by atoms with Crippen molar-refractivity contribution in [2.45, 2.75) is 104 Å².